The molecule has 1 aromatic carbocycles. The van der Waals surface area contributed by atoms with Gasteiger partial charge in [0.2, 0.25) is 5.91 Å². The van der Waals surface area contributed by atoms with Crippen LogP contribution >= 0.6 is 0 Å². The number of benzene rings is 1. The number of hydrogen-bond acceptors (Lipinski definition) is 4. The minimum absolute atomic E-state index is 0.139. The zero-order valence-corrected chi connectivity index (χ0v) is 15.5. The molecule has 1 aliphatic rings. The van der Waals surface area contributed by atoms with Gasteiger partial charge in [0, 0.05) is 31.5 Å². The van der Waals surface area contributed by atoms with Crippen molar-refractivity contribution in [3.8, 4) is 5.75 Å². The second kappa shape index (κ2) is 7.30. The summed E-state index contributed by atoms with van der Waals surface area (Å²) in [6.45, 7) is 9.35. The van der Waals surface area contributed by atoms with Crippen molar-refractivity contribution < 1.29 is 14.1 Å². The molecule has 0 saturated carbocycles. The number of aryl methyl sites for hydroxylation is 4. The standard InChI is InChI=1S/C20H26N2O3/c1-13-6-5-7-14(2)20(13)24-17-8-10-22(11-9-17)19(23)12-18-15(3)21-25-16(18)4/h5-7,17H,8-12H2,1-4H3. The highest BCUT2D eigenvalue weighted by atomic mass is 16.5. The van der Waals surface area contributed by atoms with Gasteiger partial charge in [-0.2, -0.15) is 0 Å². The smallest absolute Gasteiger partial charge is 0.227 e. The van der Waals surface area contributed by atoms with Crippen LogP contribution in [-0.2, 0) is 11.2 Å². The maximum atomic E-state index is 12.6. The van der Waals surface area contributed by atoms with E-state index in [0.29, 0.717) is 6.42 Å². The van der Waals surface area contributed by atoms with Crippen molar-refractivity contribution >= 4 is 5.91 Å². The maximum absolute atomic E-state index is 12.6. The third-order valence-corrected chi connectivity index (χ3v) is 5.00. The maximum Gasteiger partial charge on any atom is 0.227 e. The molecule has 2 aromatic rings. The van der Waals surface area contributed by atoms with E-state index in [1.54, 1.807) is 0 Å². The van der Waals surface area contributed by atoms with Crippen LogP contribution in [0.15, 0.2) is 22.7 Å². The van der Waals surface area contributed by atoms with Gasteiger partial charge >= 0.3 is 0 Å². The average molecular weight is 342 g/mol. The molecule has 0 radical (unpaired) electrons. The number of amides is 1. The second-order valence-corrected chi connectivity index (χ2v) is 6.90. The van der Waals surface area contributed by atoms with E-state index in [9.17, 15) is 4.79 Å². The molecule has 5 nitrogen and oxygen atoms in total. The normalized spacial score (nSPS) is 15.4. The summed E-state index contributed by atoms with van der Waals surface area (Å²) in [5.41, 5.74) is 4.05. The highest BCUT2D eigenvalue weighted by Gasteiger charge is 2.26. The second-order valence-electron chi connectivity index (χ2n) is 6.90. The van der Waals surface area contributed by atoms with E-state index in [1.165, 1.54) is 0 Å². The molecule has 134 valence electrons. The summed E-state index contributed by atoms with van der Waals surface area (Å²) in [4.78, 5) is 14.5. The first-order valence-corrected chi connectivity index (χ1v) is 8.88. The molecule has 0 spiro atoms. The number of carbonyl (C=O) groups is 1. The molecule has 0 bridgehead atoms. The predicted octanol–water partition coefficient (Wildman–Crippen LogP) is 3.52. The topological polar surface area (TPSA) is 55.6 Å². The molecule has 0 unspecified atom stereocenters. The summed E-state index contributed by atoms with van der Waals surface area (Å²) in [6.07, 6.45) is 2.26. The molecule has 1 fully saturated rings. The summed E-state index contributed by atoms with van der Waals surface area (Å²) >= 11 is 0. The third-order valence-electron chi connectivity index (χ3n) is 5.00. The molecule has 1 aromatic heterocycles. The number of nitrogens with zero attached hydrogens (tertiary/aromatic N) is 2. The Kier molecular flexibility index (Phi) is 5.11. The molecular weight excluding hydrogens is 316 g/mol. The SMILES string of the molecule is Cc1cccc(C)c1OC1CCN(C(=O)Cc2c(C)noc2C)CC1. The number of rotatable bonds is 4. The first-order valence-electron chi connectivity index (χ1n) is 8.88. The van der Waals surface area contributed by atoms with Gasteiger partial charge in [-0.3, -0.25) is 4.79 Å². The van der Waals surface area contributed by atoms with E-state index in [1.807, 2.05) is 24.8 Å². The minimum Gasteiger partial charge on any atom is -0.490 e. The number of piperidine rings is 1. The number of ether oxygens (including phenoxy) is 1. The largest absolute Gasteiger partial charge is 0.490 e. The van der Waals surface area contributed by atoms with Crippen molar-refractivity contribution in [2.75, 3.05) is 13.1 Å². The Balaban J connectivity index is 1.56. The Hall–Kier alpha value is -2.30. The molecule has 1 amide bonds. The van der Waals surface area contributed by atoms with E-state index < -0.39 is 0 Å². The van der Waals surface area contributed by atoms with Crippen molar-refractivity contribution in [1.29, 1.82) is 0 Å². The molecule has 0 N–H and O–H groups in total. The summed E-state index contributed by atoms with van der Waals surface area (Å²) < 4.78 is 11.4. The van der Waals surface area contributed by atoms with Crippen LogP contribution in [0.1, 0.15) is 41.0 Å². The van der Waals surface area contributed by atoms with Gasteiger partial charge in [-0.1, -0.05) is 23.4 Å². The van der Waals surface area contributed by atoms with Crippen molar-refractivity contribution in [1.82, 2.24) is 10.1 Å². The van der Waals surface area contributed by atoms with Crippen molar-refractivity contribution in [2.24, 2.45) is 0 Å². The zero-order valence-electron chi connectivity index (χ0n) is 15.5. The van der Waals surface area contributed by atoms with E-state index in [4.69, 9.17) is 9.26 Å². The summed E-state index contributed by atoms with van der Waals surface area (Å²) in [5.74, 6) is 1.86. The number of para-hydroxylation sites is 1. The van der Waals surface area contributed by atoms with Gasteiger partial charge in [0.05, 0.1) is 12.1 Å². The number of hydrogen-bond donors (Lipinski definition) is 0. The van der Waals surface area contributed by atoms with Crippen LogP contribution in [0.25, 0.3) is 0 Å². The lowest BCUT2D eigenvalue weighted by molar-refractivity contribution is -0.132. The van der Waals surface area contributed by atoms with Gasteiger partial charge in [0.25, 0.3) is 0 Å². The zero-order chi connectivity index (χ0) is 18.0. The van der Waals surface area contributed by atoms with E-state index in [-0.39, 0.29) is 12.0 Å². The van der Waals surface area contributed by atoms with Crippen molar-refractivity contribution in [3.05, 3.63) is 46.3 Å². The van der Waals surface area contributed by atoms with Gasteiger partial charge in [-0.05, 0) is 38.8 Å². The van der Waals surface area contributed by atoms with Crippen LogP contribution in [0, 0.1) is 27.7 Å². The molecule has 0 atom stereocenters. The Morgan fingerprint density at radius 1 is 1.20 bits per heavy atom. The summed E-state index contributed by atoms with van der Waals surface area (Å²) in [5, 5.41) is 3.92. The van der Waals surface area contributed by atoms with Crippen LogP contribution in [0.3, 0.4) is 0 Å². The number of carbonyl (C=O) groups excluding carboxylic acids is 1. The van der Waals surface area contributed by atoms with Crippen LogP contribution in [-0.4, -0.2) is 35.2 Å². The Bertz CT molecular complexity index is 719. The van der Waals surface area contributed by atoms with Crippen LogP contribution in [0.2, 0.25) is 0 Å². The van der Waals surface area contributed by atoms with Gasteiger partial charge in [0.1, 0.15) is 17.6 Å². The van der Waals surface area contributed by atoms with E-state index in [2.05, 4.69) is 31.1 Å². The van der Waals surface area contributed by atoms with Crippen molar-refractivity contribution in [3.63, 3.8) is 0 Å². The highest BCUT2D eigenvalue weighted by molar-refractivity contribution is 5.79. The summed E-state index contributed by atoms with van der Waals surface area (Å²) in [7, 11) is 0. The Morgan fingerprint density at radius 2 is 1.84 bits per heavy atom. The quantitative estimate of drug-likeness (QED) is 0.853. The molecule has 5 heteroatoms. The summed E-state index contributed by atoms with van der Waals surface area (Å²) in [6, 6.07) is 6.20. The fourth-order valence-corrected chi connectivity index (χ4v) is 3.39. The molecule has 3 rings (SSSR count). The average Bonchev–Trinajstić information content (AvgIpc) is 2.91. The molecule has 2 heterocycles. The first-order chi connectivity index (χ1) is 12.0. The third kappa shape index (κ3) is 3.86. The Morgan fingerprint density at radius 3 is 2.40 bits per heavy atom. The van der Waals surface area contributed by atoms with Crippen LogP contribution < -0.4 is 4.74 Å². The van der Waals surface area contributed by atoms with E-state index in [0.717, 1.165) is 59.8 Å². The lowest BCUT2D eigenvalue weighted by Crippen LogP contribution is -2.42. The lowest BCUT2D eigenvalue weighted by atomic mass is 10.0. The van der Waals surface area contributed by atoms with Gasteiger partial charge in [-0.15, -0.1) is 0 Å². The monoisotopic (exact) mass is 342 g/mol. The molecule has 25 heavy (non-hydrogen) atoms. The Labute approximate surface area is 148 Å². The van der Waals surface area contributed by atoms with Crippen LogP contribution in [0.4, 0.5) is 0 Å². The molecule has 0 aliphatic carbocycles. The molecule has 1 saturated heterocycles. The fourth-order valence-electron chi connectivity index (χ4n) is 3.39. The molecule has 1 aliphatic heterocycles. The van der Waals surface area contributed by atoms with Gasteiger partial charge in [0.15, 0.2) is 0 Å². The number of aromatic nitrogens is 1. The predicted molar refractivity (Wildman–Crippen MR) is 95.8 cm³/mol. The van der Waals surface area contributed by atoms with Crippen molar-refractivity contribution in [2.45, 2.75) is 53.1 Å². The van der Waals surface area contributed by atoms with E-state index >= 15 is 0 Å². The van der Waals surface area contributed by atoms with Crippen LogP contribution in [0.5, 0.6) is 5.75 Å². The number of likely N-dealkylation sites (tertiary alicyclic amines) is 1. The minimum atomic E-state index is 0.139. The van der Waals surface area contributed by atoms with Gasteiger partial charge < -0.3 is 14.2 Å². The fraction of sp³-hybridized carbons (Fsp3) is 0.500. The molecular formula is C20H26N2O3. The highest BCUT2D eigenvalue weighted by Crippen LogP contribution is 2.26. The lowest BCUT2D eigenvalue weighted by Gasteiger charge is -2.33. The van der Waals surface area contributed by atoms with Gasteiger partial charge in [-0.25, -0.2) is 0 Å². The first kappa shape index (κ1) is 17.5.